The van der Waals surface area contributed by atoms with Crippen LogP contribution in [0.4, 0.5) is 35.0 Å². The van der Waals surface area contributed by atoms with Crippen LogP contribution in [0.2, 0.25) is 0 Å². The van der Waals surface area contributed by atoms with Crippen LogP contribution in [0.5, 0.6) is 0 Å². The number of hydrogen-bond donors (Lipinski definition) is 4. The maximum Gasteiger partial charge on any atom is 0.391 e. The van der Waals surface area contributed by atoms with Crippen molar-refractivity contribution in [2.24, 2.45) is 5.92 Å². The van der Waals surface area contributed by atoms with E-state index in [9.17, 15) is 28.0 Å². The molecule has 4 rings (SSSR count). The zero-order chi connectivity index (χ0) is 24.3. The van der Waals surface area contributed by atoms with Gasteiger partial charge in [0.25, 0.3) is 5.91 Å². The SMILES string of the molecule is O=C1NCC(C(=O)N(O)Cc2ccc(Nc3ccc(N4CCC(C(F)(F)F)CC4)cc3)cc2)N1. The van der Waals surface area contributed by atoms with E-state index in [1.165, 1.54) is 0 Å². The lowest BCUT2D eigenvalue weighted by atomic mass is 9.96. The molecular formula is C23H26F3N5O3. The molecule has 2 saturated heterocycles. The number of piperidine rings is 1. The summed E-state index contributed by atoms with van der Waals surface area (Å²) in [6.07, 6.45) is -3.90. The molecule has 0 spiro atoms. The molecule has 0 aromatic heterocycles. The van der Waals surface area contributed by atoms with E-state index in [1.54, 1.807) is 12.1 Å². The Morgan fingerprint density at radius 1 is 1.06 bits per heavy atom. The van der Waals surface area contributed by atoms with E-state index in [0.717, 1.165) is 17.1 Å². The van der Waals surface area contributed by atoms with Crippen LogP contribution < -0.4 is 20.9 Å². The van der Waals surface area contributed by atoms with Crippen molar-refractivity contribution >= 4 is 29.0 Å². The quantitative estimate of drug-likeness (QED) is 0.377. The zero-order valence-electron chi connectivity index (χ0n) is 18.3. The number of urea groups is 1. The van der Waals surface area contributed by atoms with Gasteiger partial charge in [-0.1, -0.05) is 12.1 Å². The van der Waals surface area contributed by atoms with Gasteiger partial charge in [0.2, 0.25) is 0 Å². The zero-order valence-corrected chi connectivity index (χ0v) is 18.3. The summed E-state index contributed by atoms with van der Waals surface area (Å²) in [5.74, 6) is -1.81. The number of hydroxylamine groups is 2. The van der Waals surface area contributed by atoms with Crippen LogP contribution in [0.1, 0.15) is 18.4 Å². The second kappa shape index (κ2) is 9.80. The van der Waals surface area contributed by atoms with E-state index in [-0.39, 0.29) is 25.9 Å². The number of hydrogen-bond acceptors (Lipinski definition) is 5. The number of amides is 3. The van der Waals surface area contributed by atoms with Crippen LogP contribution in [0.15, 0.2) is 48.5 Å². The van der Waals surface area contributed by atoms with Crippen LogP contribution in [0.25, 0.3) is 0 Å². The fourth-order valence-corrected chi connectivity index (χ4v) is 4.12. The number of nitrogens with one attached hydrogen (secondary N) is 3. The first kappa shape index (κ1) is 23.7. The molecule has 2 heterocycles. The van der Waals surface area contributed by atoms with Crippen molar-refractivity contribution in [3.63, 3.8) is 0 Å². The Morgan fingerprint density at radius 3 is 2.18 bits per heavy atom. The van der Waals surface area contributed by atoms with Crippen molar-refractivity contribution < 1.29 is 28.0 Å². The molecular weight excluding hydrogens is 451 g/mol. The van der Waals surface area contributed by atoms with Gasteiger partial charge in [-0.3, -0.25) is 10.0 Å². The molecule has 34 heavy (non-hydrogen) atoms. The molecule has 4 N–H and O–H groups in total. The Kier molecular flexibility index (Phi) is 6.82. The van der Waals surface area contributed by atoms with Crippen LogP contribution >= 0.6 is 0 Å². The second-order valence-corrected chi connectivity index (χ2v) is 8.47. The Labute approximate surface area is 194 Å². The number of carbonyl (C=O) groups is 2. The van der Waals surface area contributed by atoms with Crippen molar-refractivity contribution in [1.82, 2.24) is 15.7 Å². The lowest BCUT2D eigenvalue weighted by Gasteiger charge is -2.34. The average Bonchev–Trinajstić information content (AvgIpc) is 3.26. The maximum absolute atomic E-state index is 12.9. The average molecular weight is 477 g/mol. The molecule has 0 radical (unpaired) electrons. The second-order valence-electron chi connectivity index (χ2n) is 8.47. The van der Waals surface area contributed by atoms with E-state index >= 15 is 0 Å². The first-order valence-corrected chi connectivity index (χ1v) is 11.0. The number of carbonyl (C=O) groups excluding carboxylic acids is 2. The smallest absolute Gasteiger partial charge is 0.372 e. The van der Waals surface area contributed by atoms with Gasteiger partial charge in [-0.25, -0.2) is 9.86 Å². The number of rotatable bonds is 6. The number of nitrogens with zero attached hydrogens (tertiary/aromatic N) is 2. The predicted molar refractivity (Wildman–Crippen MR) is 120 cm³/mol. The largest absolute Gasteiger partial charge is 0.391 e. The molecule has 1 atom stereocenters. The van der Waals surface area contributed by atoms with Crippen molar-refractivity contribution in [1.29, 1.82) is 0 Å². The summed E-state index contributed by atoms with van der Waals surface area (Å²) >= 11 is 0. The fourth-order valence-electron chi connectivity index (χ4n) is 4.12. The van der Waals surface area contributed by atoms with Crippen molar-refractivity contribution in [3.05, 3.63) is 54.1 Å². The summed E-state index contributed by atoms with van der Waals surface area (Å²) in [6, 6.07) is 13.4. The fraction of sp³-hybridized carbons (Fsp3) is 0.391. The third-order valence-electron chi connectivity index (χ3n) is 6.09. The number of anilines is 3. The highest BCUT2D eigenvalue weighted by Gasteiger charge is 2.41. The van der Waals surface area contributed by atoms with E-state index < -0.39 is 30.1 Å². The maximum atomic E-state index is 12.9. The highest BCUT2D eigenvalue weighted by molar-refractivity contribution is 5.89. The molecule has 0 bridgehead atoms. The molecule has 2 aromatic carbocycles. The van der Waals surface area contributed by atoms with E-state index in [0.29, 0.717) is 23.7 Å². The topological polar surface area (TPSA) is 96.9 Å². The molecule has 182 valence electrons. The minimum atomic E-state index is -4.12. The van der Waals surface area contributed by atoms with Gasteiger partial charge in [-0.15, -0.1) is 0 Å². The van der Waals surface area contributed by atoms with E-state index in [4.69, 9.17) is 0 Å². The van der Waals surface area contributed by atoms with Gasteiger partial charge in [0.05, 0.1) is 12.5 Å². The summed E-state index contributed by atoms with van der Waals surface area (Å²) in [6.45, 7) is 0.867. The van der Waals surface area contributed by atoms with Crippen molar-refractivity contribution in [2.45, 2.75) is 31.6 Å². The van der Waals surface area contributed by atoms with E-state index in [2.05, 4.69) is 16.0 Å². The third kappa shape index (κ3) is 5.71. The summed E-state index contributed by atoms with van der Waals surface area (Å²) in [5, 5.41) is 18.8. The normalized spacial score (nSPS) is 18.9. The van der Waals surface area contributed by atoms with Crippen molar-refractivity contribution in [2.75, 3.05) is 29.9 Å². The summed E-state index contributed by atoms with van der Waals surface area (Å²) < 4.78 is 38.6. The summed E-state index contributed by atoms with van der Waals surface area (Å²) in [7, 11) is 0. The Morgan fingerprint density at radius 2 is 1.65 bits per heavy atom. The van der Waals surface area contributed by atoms with Gasteiger partial charge >= 0.3 is 12.2 Å². The molecule has 0 saturated carbocycles. The molecule has 11 heteroatoms. The lowest BCUT2D eigenvalue weighted by Crippen LogP contribution is -2.43. The number of benzene rings is 2. The number of halogens is 3. The van der Waals surface area contributed by atoms with E-state index in [1.807, 2.05) is 41.3 Å². The monoisotopic (exact) mass is 477 g/mol. The van der Waals surface area contributed by atoms with Gasteiger partial charge in [0.1, 0.15) is 6.04 Å². The lowest BCUT2D eigenvalue weighted by molar-refractivity contribution is -0.179. The first-order chi connectivity index (χ1) is 16.2. The summed E-state index contributed by atoms with van der Waals surface area (Å²) in [5.41, 5.74) is 3.22. The van der Waals surface area contributed by atoms with Gasteiger partial charge in [-0.2, -0.15) is 13.2 Å². The van der Waals surface area contributed by atoms with Crippen LogP contribution in [-0.2, 0) is 11.3 Å². The molecule has 0 aliphatic carbocycles. The molecule has 2 aliphatic heterocycles. The first-order valence-electron chi connectivity index (χ1n) is 11.0. The standard InChI is InChI=1S/C23H26F3N5O3/c24-23(25,26)16-9-11-30(12-10-16)19-7-5-18(6-8-19)28-17-3-1-15(2-4-17)14-31(34)21(32)20-13-27-22(33)29-20/h1-8,16,20,28,34H,9-14H2,(H2,27,29,33). The van der Waals surface area contributed by atoms with Crippen molar-refractivity contribution in [3.8, 4) is 0 Å². The highest BCUT2D eigenvalue weighted by Crippen LogP contribution is 2.35. The van der Waals surface area contributed by atoms with Gasteiger partial charge in [-0.05, 0) is 54.8 Å². The Hall–Kier alpha value is -3.47. The highest BCUT2D eigenvalue weighted by atomic mass is 19.4. The Balaban J connectivity index is 1.28. The minimum absolute atomic E-state index is 0.0226. The van der Waals surface area contributed by atoms with Crippen LogP contribution in [0.3, 0.4) is 0 Å². The Bertz CT molecular complexity index is 1010. The van der Waals surface area contributed by atoms with Gasteiger partial charge in [0.15, 0.2) is 0 Å². The number of alkyl halides is 3. The third-order valence-corrected chi connectivity index (χ3v) is 6.09. The van der Waals surface area contributed by atoms with Crippen LogP contribution in [0, 0.1) is 5.92 Å². The molecule has 2 aliphatic rings. The summed E-state index contributed by atoms with van der Waals surface area (Å²) in [4.78, 5) is 25.3. The molecule has 8 nitrogen and oxygen atoms in total. The van der Waals surface area contributed by atoms with Gasteiger partial charge < -0.3 is 20.9 Å². The molecule has 1 unspecified atom stereocenters. The predicted octanol–water partition coefficient (Wildman–Crippen LogP) is 3.61. The minimum Gasteiger partial charge on any atom is -0.372 e. The molecule has 2 fully saturated rings. The molecule has 3 amide bonds. The van der Waals surface area contributed by atoms with Gasteiger partial charge in [0, 0.05) is 36.7 Å². The van der Waals surface area contributed by atoms with Crippen LogP contribution in [-0.4, -0.2) is 54.1 Å². The molecule has 2 aromatic rings.